The third-order valence-electron chi connectivity index (χ3n) is 5.00. The molecule has 0 radical (unpaired) electrons. The van der Waals surface area contributed by atoms with Gasteiger partial charge in [0.15, 0.2) is 5.84 Å². The predicted octanol–water partition coefficient (Wildman–Crippen LogP) is 2.72. The number of rotatable bonds is 4. The maximum Gasteiger partial charge on any atom is 0.286 e. The van der Waals surface area contributed by atoms with Gasteiger partial charge in [0.25, 0.3) is 15.9 Å². The molecule has 0 spiro atoms. The average Bonchev–Trinajstić information content (AvgIpc) is 2.82. The Balaban J connectivity index is 2.07. The molecule has 2 aliphatic heterocycles. The van der Waals surface area contributed by atoms with Gasteiger partial charge in [0.2, 0.25) is 0 Å². The first-order valence-corrected chi connectivity index (χ1v) is 10.9. The second-order valence-electron chi connectivity index (χ2n) is 8.82. The molecule has 3 rings (SSSR count). The molecule has 0 aromatic heterocycles. The van der Waals surface area contributed by atoms with Crippen molar-refractivity contribution in [2.24, 2.45) is 21.5 Å². The van der Waals surface area contributed by atoms with Gasteiger partial charge in [-0.05, 0) is 29.9 Å². The van der Waals surface area contributed by atoms with Crippen LogP contribution in [0.4, 0.5) is 5.69 Å². The largest absolute Gasteiger partial charge is 0.400 e. The fourth-order valence-electron chi connectivity index (χ4n) is 3.71. The summed E-state index contributed by atoms with van der Waals surface area (Å²) >= 11 is 0. The van der Waals surface area contributed by atoms with Crippen LogP contribution in [0.5, 0.6) is 0 Å². The molecule has 1 unspecified atom stereocenters. The van der Waals surface area contributed by atoms with Crippen LogP contribution in [0.3, 0.4) is 0 Å². The highest BCUT2D eigenvalue weighted by Crippen LogP contribution is 2.38. The Kier molecular flexibility index (Phi) is 5.04. The van der Waals surface area contributed by atoms with Crippen LogP contribution < -0.4 is 11.1 Å². The van der Waals surface area contributed by atoms with Crippen LogP contribution in [0.25, 0.3) is 0 Å². The summed E-state index contributed by atoms with van der Waals surface area (Å²) in [5, 5.41) is 3.00. The lowest BCUT2D eigenvalue weighted by Gasteiger charge is -2.36. The van der Waals surface area contributed by atoms with Gasteiger partial charge in [-0.15, -0.1) is 4.40 Å². The van der Waals surface area contributed by atoms with Crippen molar-refractivity contribution < 1.29 is 13.2 Å². The summed E-state index contributed by atoms with van der Waals surface area (Å²) in [6.45, 7) is 10.8. The SMILES string of the molecule is CC(C)CCN1C(=O)C(C2=NS(=O)(=O)c3ccccc3N2)=C(N)C1C(C)(C)C. The highest BCUT2D eigenvalue weighted by atomic mass is 32.2. The molecule has 0 aliphatic carbocycles. The highest BCUT2D eigenvalue weighted by Gasteiger charge is 2.46. The Morgan fingerprint density at radius 1 is 1.25 bits per heavy atom. The minimum Gasteiger partial charge on any atom is -0.400 e. The van der Waals surface area contributed by atoms with E-state index in [9.17, 15) is 13.2 Å². The van der Waals surface area contributed by atoms with Crippen molar-refractivity contribution in [1.29, 1.82) is 0 Å². The van der Waals surface area contributed by atoms with Crippen LogP contribution in [0.1, 0.15) is 41.0 Å². The van der Waals surface area contributed by atoms with Crippen molar-refractivity contribution in [2.45, 2.75) is 52.0 Å². The lowest BCUT2D eigenvalue weighted by atomic mass is 9.84. The zero-order valence-electron chi connectivity index (χ0n) is 17.0. The number of amides is 1. The zero-order chi connectivity index (χ0) is 20.9. The number of nitrogens with one attached hydrogen (secondary N) is 1. The lowest BCUT2D eigenvalue weighted by Crippen LogP contribution is -2.46. The van der Waals surface area contributed by atoms with E-state index in [1.807, 2.05) is 20.8 Å². The van der Waals surface area contributed by atoms with E-state index in [2.05, 4.69) is 23.6 Å². The van der Waals surface area contributed by atoms with Gasteiger partial charge >= 0.3 is 0 Å². The normalized spacial score (nSPS) is 21.6. The molecule has 28 heavy (non-hydrogen) atoms. The van der Waals surface area contributed by atoms with Gasteiger partial charge in [-0.25, -0.2) is 0 Å². The Morgan fingerprint density at radius 2 is 1.89 bits per heavy atom. The number of para-hydroxylation sites is 1. The van der Waals surface area contributed by atoms with E-state index in [4.69, 9.17) is 5.73 Å². The molecule has 1 aromatic carbocycles. The quantitative estimate of drug-likeness (QED) is 0.803. The molecule has 0 saturated heterocycles. The first-order valence-electron chi connectivity index (χ1n) is 9.45. The summed E-state index contributed by atoms with van der Waals surface area (Å²) in [5.41, 5.74) is 7.05. The molecule has 152 valence electrons. The maximum atomic E-state index is 13.3. The molecule has 2 aliphatic rings. The fourth-order valence-corrected chi connectivity index (χ4v) is 4.83. The van der Waals surface area contributed by atoms with E-state index < -0.39 is 10.0 Å². The number of nitrogens with zero attached hydrogens (tertiary/aromatic N) is 2. The molecule has 1 aromatic rings. The predicted molar refractivity (Wildman–Crippen MR) is 110 cm³/mol. The third kappa shape index (κ3) is 3.53. The van der Waals surface area contributed by atoms with Crippen LogP contribution >= 0.6 is 0 Å². The van der Waals surface area contributed by atoms with Gasteiger partial charge in [0, 0.05) is 12.2 Å². The lowest BCUT2D eigenvalue weighted by molar-refractivity contribution is -0.128. The Hall–Kier alpha value is -2.35. The third-order valence-corrected chi connectivity index (χ3v) is 6.34. The van der Waals surface area contributed by atoms with Gasteiger partial charge in [-0.2, -0.15) is 8.42 Å². The van der Waals surface area contributed by atoms with E-state index in [-0.39, 0.29) is 33.7 Å². The molecule has 0 bridgehead atoms. The van der Waals surface area contributed by atoms with Gasteiger partial charge in [-0.3, -0.25) is 4.79 Å². The number of amidine groups is 1. The van der Waals surface area contributed by atoms with Crippen molar-refractivity contribution in [3.8, 4) is 0 Å². The molecular weight excluding hydrogens is 376 g/mol. The second kappa shape index (κ2) is 6.92. The van der Waals surface area contributed by atoms with Crippen molar-refractivity contribution >= 4 is 27.5 Å². The number of nitrogens with two attached hydrogens (primary N) is 1. The highest BCUT2D eigenvalue weighted by molar-refractivity contribution is 7.90. The second-order valence-corrected chi connectivity index (χ2v) is 10.4. The maximum absolute atomic E-state index is 13.3. The standard InChI is InChI=1S/C20H28N4O3S/c1-12(2)10-11-24-17(20(3,4)5)16(21)15(19(24)25)18-22-13-8-6-7-9-14(13)28(26,27)23-18/h6-9,12,17H,10-11,21H2,1-5H3,(H,22,23). The number of carbonyl (C=O) groups excluding carboxylic acids is 1. The van der Waals surface area contributed by atoms with E-state index in [0.29, 0.717) is 23.8 Å². The number of hydrogen-bond acceptors (Lipinski definition) is 5. The topological polar surface area (TPSA) is 105 Å². The van der Waals surface area contributed by atoms with E-state index in [0.717, 1.165) is 6.42 Å². The molecule has 1 atom stereocenters. The summed E-state index contributed by atoms with van der Waals surface area (Å²) in [6, 6.07) is 6.18. The van der Waals surface area contributed by atoms with Crippen molar-refractivity contribution in [3.05, 3.63) is 35.5 Å². The van der Waals surface area contributed by atoms with Crippen LogP contribution in [0.2, 0.25) is 0 Å². The molecule has 3 N–H and O–H groups in total. The van der Waals surface area contributed by atoms with E-state index in [1.54, 1.807) is 23.1 Å². The molecule has 0 saturated carbocycles. The van der Waals surface area contributed by atoms with Crippen LogP contribution in [-0.2, 0) is 14.8 Å². The minimum atomic E-state index is -3.91. The summed E-state index contributed by atoms with van der Waals surface area (Å²) < 4.78 is 29.1. The molecule has 0 fully saturated rings. The van der Waals surface area contributed by atoms with Crippen LogP contribution in [0, 0.1) is 11.3 Å². The molecule has 2 heterocycles. The Morgan fingerprint density at radius 3 is 2.50 bits per heavy atom. The van der Waals surface area contributed by atoms with Crippen molar-refractivity contribution in [2.75, 3.05) is 11.9 Å². The van der Waals surface area contributed by atoms with Crippen molar-refractivity contribution in [3.63, 3.8) is 0 Å². The minimum absolute atomic E-state index is 0.00231. The van der Waals surface area contributed by atoms with Gasteiger partial charge in [0.1, 0.15) is 10.5 Å². The number of benzene rings is 1. The van der Waals surface area contributed by atoms with Gasteiger partial charge < -0.3 is 16.0 Å². The first kappa shape index (κ1) is 20.4. The first-order chi connectivity index (χ1) is 12.9. The molecule has 7 nitrogen and oxygen atoms in total. The summed E-state index contributed by atoms with van der Waals surface area (Å²) in [6.07, 6.45) is 0.833. The van der Waals surface area contributed by atoms with Gasteiger partial charge in [0.05, 0.1) is 11.7 Å². The molecule has 1 amide bonds. The van der Waals surface area contributed by atoms with E-state index in [1.165, 1.54) is 6.07 Å². The average molecular weight is 405 g/mol. The number of fused-ring (bicyclic) bond motifs is 1. The van der Waals surface area contributed by atoms with Crippen LogP contribution in [-0.4, -0.2) is 37.6 Å². The summed E-state index contributed by atoms with van der Waals surface area (Å²) in [5.74, 6) is 0.150. The number of anilines is 1. The molecular formula is C20H28N4O3S. The van der Waals surface area contributed by atoms with Crippen molar-refractivity contribution in [1.82, 2.24) is 4.90 Å². The summed E-state index contributed by atoms with van der Waals surface area (Å²) in [4.78, 5) is 15.1. The Labute approximate surface area is 166 Å². The van der Waals surface area contributed by atoms with Crippen LogP contribution in [0.15, 0.2) is 44.8 Å². The number of sulfonamides is 1. The number of carbonyl (C=O) groups is 1. The monoisotopic (exact) mass is 404 g/mol. The number of hydrogen-bond donors (Lipinski definition) is 2. The van der Waals surface area contributed by atoms with E-state index >= 15 is 0 Å². The Bertz CT molecular complexity index is 971. The van der Waals surface area contributed by atoms with Gasteiger partial charge in [-0.1, -0.05) is 46.8 Å². The fraction of sp³-hybridized carbons (Fsp3) is 0.500. The molecule has 8 heteroatoms. The smallest absolute Gasteiger partial charge is 0.286 e. The zero-order valence-corrected chi connectivity index (χ0v) is 17.8. The summed E-state index contributed by atoms with van der Waals surface area (Å²) in [7, 11) is -3.91.